The number of carbonyl (C=O) groups is 1. The molecule has 0 bridgehead atoms. The molecule has 2 heterocycles. The summed E-state index contributed by atoms with van der Waals surface area (Å²) in [5.74, 6) is -0.0638. The van der Waals surface area contributed by atoms with Gasteiger partial charge in [-0.25, -0.2) is 8.42 Å². The molecule has 146 valence electrons. The minimum Gasteiger partial charge on any atom is -0.379 e. The Labute approximate surface area is 151 Å². The number of hydrogen-bond acceptors (Lipinski definition) is 6. The molecule has 1 unspecified atom stereocenters. The lowest BCUT2D eigenvalue weighted by molar-refractivity contribution is -0.135. The minimum absolute atomic E-state index is 0.0638. The number of carbonyl (C=O) groups excluding carboxylic acids is 1. The van der Waals surface area contributed by atoms with Crippen molar-refractivity contribution in [3.8, 4) is 0 Å². The van der Waals surface area contributed by atoms with Crippen LogP contribution in [0.3, 0.4) is 0 Å². The fraction of sp³-hybridized carbons (Fsp3) is 0.938. The molecule has 0 N–H and O–H groups in total. The second kappa shape index (κ2) is 9.82. The van der Waals surface area contributed by atoms with Crippen molar-refractivity contribution in [2.75, 3.05) is 72.0 Å². The van der Waals surface area contributed by atoms with Crippen LogP contribution in [0.5, 0.6) is 0 Å². The molecule has 0 saturated carbocycles. The maximum atomic E-state index is 12.2. The molecule has 9 heteroatoms. The van der Waals surface area contributed by atoms with E-state index in [9.17, 15) is 13.2 Å². The molecule has 2 rings (SSSR count). The number of amides is 1. The van der Waals surface area contributed by atoms with Crippen LogP contribution in [0.15, 0.2) is 0 Å². The summed E-state index contributed by atoms with van der Waals surface area (Å²) < 4.78 is 36.5. The van der Waals surface area contributed by atoms with Gasteiger partial charge >= 0.3 is 0 Å². The summed E-state index contributed by atoms with van der Waals surface area (Å²) in [5, 5.41) is 0. The molecule has 2 fully saturated rings. The van der Waals surface area contributed by atoms with E-state index in [-0.39, 0.29) is 18.6 Å². The molecule has 8 nitrogen and oxygen atoms in total. The molecule has 1 atom stereocenters. The highest BCUT2D eigenvalue weighted by Gasteiger charge is 2.34. The monoisotopic (exact) mass is 377 g/mol. The Morgan fingerprint density at radius 1 is 1.28 bits per heavy atom. The van der Waals surface area contributed by atoms with E-state index >= 15 is 0 Å². The van der Waals surface area contributed by atoms with Gasteiger partial charge in [0.2, 0.25) is 15.9 Å². The van der Waals surface area contributed by atoms with Crippen LogP contribution in [-0.2, 0) is 24.3 Å². The number of ether oxygens (including phenoxy) is 2. The number of nitrogens with zero attached hydrogens (tertiary/aromatic N) is 3. The van der Waals surface area contributed by atoms with Gasteiger partial charge in [0.1, 0.15) is 6.61 Å². The minimum atomic E-state index is -3.30. The first kappa shape index (κ1) is 20.6. The van der Waals surface area contributed by atoms with Crippen molar-refractivity contribution in [1.82, 2.24) is 14.1 Å². The topological polar surface area (TPSA) is 79.4 Å². The first-order chi connectivity index (χ1) is 11.9. The van der Waals surface area contributed by atoms with E-state index in [0.717, 1.165) is 39.3 Å². The third-order valence-electron chi connectivity index (χ3n) is 4.74. The Balaban J connectivity index is 1.84. The van der Waals surface area contributed by atoms with E-state index in [1.54, 1.807) is 9.21 Å². The second-order valence-corrected chi connectivity index (χ2v) is 8.54. The van der Waals surface area contributed by atoms with E-state index in [1.165, 1.54) is 6.26 Å². The van der Waals surface area contributed by atoms with E-state index in [2.05, 4.69) is 4.90 Å². The van der Waals surface area contributed by atoms with E-state index < -0.39 is 10.0 Å². The number of rotatable bonds is 9. The number of morpholine rings is 1. The van der Waals surface area contributed by atoms with Gasteiger partial charge < -0.3 is 14.4 Å². The molecule has 0 aromatic heterocycles. The Hall–Kier alpha value is -0.740. The molecule has 2 aliphatic heterocycles. The zero-order valence-electron chi connectivity index (χ0n) is 15.4. The number of hydrogen-bond donors (Lipinski definition) is 0. The smallest absolute Gasteiger partial charge is 0.248 e. The van der Waals surface area contributed by atoms with Crippen molar-refractivity contribution in [3.05, 3.63) is 0 Å². The first-order valence-corrected chi connectivity index (χ1v) is 10.9. The van der Waals surface area contributed by atoms with Gasteiger partial charge in [-0.3, -0.25) is 9.69 Å². The quantitative estimate of drug-likeness (QED) is 0.544. The van der Waals surface area contributed by atoms with Crippen LogP contribution in [0.4, 0.5) is 0 Å². The molecule has 0 aliphatic carbocycles. The van der Waals surface area contributed by atoms with Crippen molar-refractivity contribution >= 4 is 15.9 Å². The van der Waals surface area contributed by atoms with Gasteiger partial charge in [-0.1, -0.05) is 0 Å². The Kier molecular flexibility index (Phi) is 8.08. The lowest BCUT2D eigenvalue weighted by Crippen LogP contribution is -2.44. The zero-order chi connectivity index (χ0) is 18.3. The molecular formula is C16H31N3O5S. The average molecular weight is 378 g/mol. The highest BCUT2D eigenvalue weighted by Crippen LogP contribution is 2.19. The second-order valence-electron chi connectivity index (χ2n) is 6.60. The van der Waals surface area contributed by atoms with Gasteiger partial charge in [0, 0.05) is 45.4 Å². The van der Waals surface area contributed by atoms with Crippen LogP contribution in [0.2, 0.25) is 0 Å². The molecule has 0 aromatic carbocycles. The molecule has 2 aliphatic rings. The third-order valence-corrected chi connectivity index (χ3v) is 6.07. The highest BCUT2D eigenvalue weighted by atomic mass is 32.2. The average Bonchev–Trinajstić information content (AvgIpc) is 3.06. The third kappa shape index (κ3) is 6.49. The van der Waals surface area contributed by atoms with Crippen molar-refractivity contribution in [2.45, 2.75) is 25.8 Å². The van der Waals surface area contributed by atoms with Gasteiger partial charge in [-0.15, -0.1) is 0 Å². The van der Waals surface area contributed by atoms with Crippen molar-refractivity contribution < 1.29 is 22.7 Å². The summed E-state index contributed by atoms with van der Waals surface area (Å²) in [6.45, 7) is 8.12. The summed E-state index contributed by atoms with van der Waals surface area (Å²) in [5.41, 5.74) is 0. The Morgan fingerprint density at radius 2 is 2.00 bits per heavy atom. The zero-order valence-corrected chi connectivity index (χ0v) is 16.2. The summed E-state index contributed by atoms with van der Waals surface area (Å²) >= 11 is 0. The first-order valence-electron chi connectivity index (χ1n) is 9.04. The molecule has 0 aromatic rings. The van der Waals surface area contributed by atoms with Gasteiger partial charge in [0.15, 0.2) is 0 Å². The molecule has 1 amide bonds. The van der Waals surface area contributed by atoms with Crippen LogP contribution in [0, 0.1) is 0 Å². The highest BCUT2D eigenvalue weighted by molar-refractivity contribution is 7.88. The fourth-order valence-electron chi connectivity index (χ4n) is 3.38. The largest absolute Gasteiger partial charge is 0.379 e. The van der Waals surface area contributed by atoms with Crippen molar-refractivity contribution in [2.24, 2.45) is 0 Å². The normalized spacial score (nSPS) is 22.7. The summed E-state index contributed by atoms with van der Waals surface area (Å²) in [7, 11) is -3.30. The Bertz CT molecular complexity index is 522. The van der Waals surface area contributed by atoms with Crippen LogP contribution >= 0.6 is 0 Å². The van der Waals surface area contributed by atoms with Crippen LogP contribution in [0.1, 0.15) is 19.8 Å². The van der Waals surface area contributed by atoms with Crippen molar-refractivity contribution in [3.63, 3.8) is 0 Å². The van der Waals surface area contributed by atoms with Gasteiger partial charge in [0.25, 0.3) is 0 Å². The summed E-state index contributed by atoms with van der Waals surface area (Å²) in [6.07, 6.45) is 2.73. The van der Waals surface area contributed by atoms with Crippen LogP contribution in [-0.4, -0.2) is 106 Å². The van der Waals surface area contributed by atoms with Crippen molar-refractivity contribution in [1.29, 1.82) is 0 Å². The predicted octanol–water partition coefficient (Wildman–Crippen LogP) is -0.392. The van der Waals surface area contributed by atoms with E-state index in [4.69, 9.17) is 9.47 Å². The summed E-state index contributed by atoms with van der Waals surface area (Å²) in [4.78, 5) is 16.1. The van der Waals surface area contributed by atoms with Gasteiger partial charge in [-0.05, 0) is 26.3 Å². The summed E-state index contributed by atoms with van der Waals surface area (Å²) in [6, 6.07) is -0.134. The fourth-order valence-corrected chi connectivity index (χ4v) is 4.55. The lowest BCUT2D eigenvalue weighted by atomic mass is 10.2. The lowest BCUT2D eigenvalue weighted by Gasteiger charge is -2.30. The standard InChI is InChI=1S/C16H31N3O5S/c1-3-23-14-16(20)18-8-5-15(13-18)19(25(2,21)22)7-4-6-17-9-11-24-12-10-17/h15H,3-14H2,1-2H3. The van der Waals surface area contributed by atoms with E-state index in [0.29, 0.717) is 32.7 Å². The predicted molar refractivity (Wildman–Crippen MR) is 94.9 cm³/mol. The van der Waals surface area contributed by atoms with E-state index in [1.807, 2.05) is 6.92 Å². The Morgan fingerprint density at radius 3 is 2.64 bits per heavy atom. The molecule has 2 saturated heterocycles. The van der Waals surface area contributed by atoms with Gasteiger partial charge in [-0.2, -0.15) is 4.31 Å². The van der Waals surface area contributed by atoms with Crippen LogP contribution < -0.4 is 0 Å². The maximum Gasteiger partial charge on any atom is 0.248 e. The molecule has 0 radical (unpaired) electrons. The molecular weight excluding hydrogens is 346 g/mol. The molecule has 25 heavy (non-hydrogen) atoms. The number of likely N-dealkylation sites (tertiary alicyclic amines) is 1. The van der Waals surface area contributed by atoms with Gasteiger partial charge in [0.05, 0.1) is 19.5 Å². The van der Waals surface area contributed by atoms with Crippen LogP contribution in [0.25, 0.3) is 0 Å². The maximum absolute atomic E-state index is 12.2. The number of sulfonamides is 1. The SMILES string of the molecule is CCOCC(=O)N1CCC(N(CCCN2CCOCC2)S(C)(=O)=O)C1. The molecule has 0 spiro atoms.